The zero-order valence-corrected chi connectivity index (χ0v) is 11.3. The Morgan fingerprint density at radius 3 is 2.60 bits per heavy atom. The van der Waals surface area contributed by atoms with Crippen LogP contribution in [0.3, 0.4) is 0 Å². The number of nitrogens with one attached hydrogen (secondary N) is 1. The van der Waals surface area contributed by atoms with E-state index in [1.807, 2.05) is 0 Å². The van der Waals surface area contributed by atoms with Crippen molar-refractivity contribution in [3.8, 4) is 6.07 Å². The van der Waals surface area contributed by atoms with Gasteiger partial charge in [-0.3, -0.25) is 0 Å². The van der Waals surface area contributed by atoms with Crippen molar-refractivity contribution in [3.63, 3.8) is 0 Å². The molecule has 1 atom stereocenters. The number of hydrogen-bond donors (Lipinski definition) is 1. The molecule has 0 radical (unpaired) electrons. The van der Waals surface area contributed by atoms with Crippen molar-refractivity contribution < 1.29 is 13.2 Å². The molecule has 1 fully saturated rings. The first kappa shape index (κ1) is 14.7. The van der Waals surface area contributed by atoms with Crippen LogP contribution in [0.2, 0.25) is 0 Å². The molecule has 1 aliphatic carbocycles. The summed E-state index contributed by atoms with van der Waals surface area (Å²) in [7, 11) is 0. The molecule has 2 nitrogen and oxygen atoms in total. The van der Waals surface area contributed by atoms with Gasteiger partial charge in [-0.25, -0.2) is 0 Å². The van der Waals surface area contributed by atoms with Crippen LogP contribution >= 0.6 is 0 Å². The molecular weight excluding hydrogens is 265 g/mol. The zero-order valence-electron chi connectivity index (χ0n) is 11.3. The second-order valence-electron chi connectivity index (χ2n) is 5.30. The number of nitrogens with zero attached hydrogens (tertiary/aromatic N) is 1. The summed E-state index contributed by atoms with van der Waals surface area (Å²) in [6, 6.07) is 5.55. The lowest BCUT2D eigenvalue weighted by molar-refractivity contribution is -0.137. The second-order valence-corrected chi connectivity index (χ2v) is 5.30. The Bertz CT molecular complexity index is 513. The average Bonchev–Trinajstić information content (AvgIpc) is 3.20. The summed E-state index contributed by atoms with van der Waals surface area (Å²) < 4.78 is 38.1. The first-order chi connectivity index (χ1) is 9.44. The quantitative estimate of drug-likeness (QED) is 0.858. The van der Waals surface area contributed by atoms with Crippen molar-refractivity contribution in [1.29, 1.82) is 5.26 Å². The highest BCUT2D eigenvalue weighted by molar-refractivity contribution is 5.54. The molecule has 5 heteroatoms. The summed E-state index contributed by atoms with van der Waals surface area (Å²) in [6.45, 7) is 2.05. The molecular formula is C15H17F3N2. The van der Waals surface area contributed by atoms with E-state index in [0.717, 1.165) is 24.8 Å². The lowest BCUT2D eigenvalue weighted by Gasteiger charge is -2.19. The van der Waals surface area contributed by atoms with Crippen LogP contribution < -0.4 is 5.32 Å². The Balaban J connectivity index is 2.14. The van der Waals surface area contributed by atoms with Crippen LogP contribution in [0, 0.1) is 17.2 Å². The number of hydrogen-bond acceptors (Lipinski definition) is 2. The van der Waals surface area contributed by atoms with Gasteiger partial charge in [0.2, 0.25) is 0 Å². The summed E-state index contributed by atoms with van der Waals surface area (Å²) in [5.74, 6) is 0.748. The van der Waals surface area contributed by atoms with Crippen LogP contribution in [-0.4, -0.2) is 6.04 Å². The monoisotopic (exact) mass is 282 g/mol. The molecule has 1 N–H and O–H groups in total. The van der Waals surface area contributed by atoms with Crippen LogP contribution in [0.5, 0.6) is 0 Å². The zero-order chi connectivity index (χ0) is 14.8. The third-order valence-electron chi connectivity index (χ3n) is 3.62. The fourth-order valence-corrected chi connectivity index (χ4v) is 2.29. The Hall–Kier alpha value is -1.70. The second kappa shape index (κ2) is 5.74. The molecule has 0 bridgehead atoms. The molecule has 2 rings (SSSR count). The van der Waals surface area contributed by atoms with Crippen LogP contribution in [0.15, 0.2) is 18.2 Å². The third kappa shape index (κ3) is 3.66. The standard InChI is InChI=1S/C15H17F3N2/c1-2-12(7-10-3-4-10)20-13-5-6-14(15(16,17)18)11(8-13)9-19/h5-6,8,10,12,20H,2-4,7H2,1H3. The maximum Gasteiger partial charge on any atom is 0.417 e. The van der Waals surface area contributed by atoms with E-state index in [9.17, 15) is 13.2 Å². The molecule has 0 aromatic heterocycles. The van der Waals surface area contributed by atoms with Gasteiger partial charge in [-0.1, -0.05) is 19.8 Å². The maximum atomic E-state index is 12.7. The largest absolute Gasteiger partial charge is 0.417 e. The normalized spacial score (nSPS) is 16.6. The predicted octanol–water partition coefficient (Wildman–Crippen LogP) is 4.57. The summed E-state index contributed by atoms with van der Waals surface area (Å²) in [5.41, 5.74) is -0.619. The van der Waals surface area contributed by atoms with Gasteiger partial charge in [-0.2, -0.15) is 18.4 Å². The molecule has 20 heavy (non-hydrogen) atoms. The highest BCUT2D eigenvalue weighted by atomic mass is 19.4. The average molecular weight is 282 g/mol. The molecule has 0 saturated heterocycles. The summed E-state index contributed by atoms with van der Waals surface area (Å²) in [6.07, 6.45) is -0.0378. The van der Waals surface area contributed by atoms with Crippen molar-refractivity contribution >= 4 is 5.69 Å². The van der Waals surface area contributed by atoms with E-state index < -0.39 is 11.7 Å². The fourth-order valence-electron chi connectivity index (χ4n) is 2.29. The molecule has 108 valence electrons. The minimum Gasteiger partial charge on any atom is -0.382 e. The molecule has 0 heterocycles. The van der Waals surface area contributed by atoms with Crippen LogP contribution in [0.1, 0.15) is 43.7 Å². The van der Waals surface area contributed by atoms with Gasteiger partial charge in [0.1, 0.15) is 0 Å². The van der Waals surface area contributed by atoms with Crippen molar-refractivity contribution in [2.75, 3.05) is 5.32 Å². The first-order valence-electron chi connectivity index (χ1n) is 6.82. The number of halogens is 3. The molecule has 1 unspecified atom stereocenters. The fraction of sp³-hybridized carbons (Fsp3) is 0.533. The van der Waals surface area contributed by atoms with E-state index in [1.165, 1.54) is 25.0 Å². The van der Waals surface area contributed by atoms with Crippen molar-refractivity contribution in [1.82, 2.24) is 0 Å². The van der Waals surface area contributed by atoms with E-state index in [2.05, 4.69) is 12.2 Å². The minimum absolute atomic E-state index is 0.255. The summed E-state index contributed by atoms with van der Waals surface area (Å²) >= 11 is 0. The SMILES string of the molecule is CCC(CC1CC1)Nc1ccc(C(F)(F)F)c(C#N)c1. The molecule has 1 aliphatic rings. The first-order valence-corrected chi connectivity index (χ1v) is 6.82. The molecule has 0 aliphatic heterocycles. The van der Waals surface area contributed by atoms with E-state index >= 15 is 0 Å². The Kier molecular flexibility index (Phi) is 4.22. The number of benzene rings is 1. The topological polar surface area (TPSA) is 35.8 Å². The van der Waals surface area contributed by atoms with Crippen LogP contribution in [0.25, 0.3) is 0 Å². The van der Waals surface area contributed by atoms with Gasteiger partial charge in [-0.05, 0) is 37.0 Å². The third-order valence-corrected chi connectivity index (χ3v) is 3.62. The minimum atomic E-state index is -4.48. The Morgan fingerprint density at radius 2 is 2.10 bits per heavy atom. The highest BCUT2D eigenvalue weighted by Gasteiger charge is 2.33. The number of nitriles is 1. The molecule has 1 aromatic rings. The van der Waals surface area contributed by atoms with Crippen molar-refractivity contribution in [2.24, 2.45) is 5.92 Å². The lowest BCUT2D eigenvalue weighted by atomic mass is 10.0. The van der Waals surface area contributed by atoms with Crippen LogP contribution in [-0.2, 0) is 6.18 Å². The smallest absolute Gasteiger partial charge is 0.382 e. The lowest BCUT2D eigenvalue weighted by Crippen LogP contribution is -2.19. The number of anilines is 1. The Labute approximate surface area is 116 Å². The van der Waals surface area contributed by atoms with Gasteiger partial charge in [0, 0.05) is 11.7 Å². The maximum absolute atomic E-state index is 12.7. The van der Waals surface area contributed by atoms with Gasteiger partial charge >= 0.3 is 6.18 Å². The molecule has 0 spiro atoms. The molecule has 0 amide bonds. The van der Waals surface area contributed by atoms with Crippen molar-refractivity contribution in [2.45, 2.75) is 44.8 Å². The van der Waals surface area contributed by atoms with Gasteiger partial charge < -0.3 is 5.32 Å². The van der Waals surface area contributed by atoms with Crippen LogP contribution in [0.4, 0.5) is 18.9 Å². The molecule has 1 aromatic carbocycles. The Morgan fingerprint density at radius 1 is 1.40 bits per heavy atom. The highest BCUT2D eigenvalue weighted by Crippen LogP contribution is 2.36. The molecule has 1 saturated carbocycles. The van der Waals surface area contributed by atoms with E-state index in [-0.39, 0.29) is 11.6 Å². The number of alkyl halides is 3. The van der Waals surface area contributed by atoms with Gasteiger partial charge in [-0.15, -0.1) is 0 Å². The van der Waals surface area contributed by atoms with Crippen molar-refractivity contribution in [3.05, 3.63) is 29.3 Å². The van der Waals surface area contributed by atoms with Gasteiger partial charge in [0.25, 0.3) is 0 Å². The van der Waals surface area contributed by atoms with Gasteiger partial charge in [0.15, 0.2) is 0 Å². The van der Waals surface area contributed by atoms with E-state index in [1.54, 1.807) is 6.07 Å². The van der Waals surface area contributed by atoms with E-state index in [0.29, 0.717) is 5.69 Å². The van der Waals surface area contributed by atoms with Gasteiger partial charge in [0.05, 0.1) is 17.2 Å². The number of rotatable bonds is 5. The van der Waals surface area contributed by atoms with E-state index in [4.69, 9.17) is 5.26 Å². The predicted molar refractivity (Wildman–Crippen MR) is 71.2 cm³/mol. The summed E-state index contributed by atoms with van der Waals surface area (Å²) in [4.78, 5) is 0. The summed E-state index contributed by atoms with van der Waals surface area (Å²) in [5, 5.41) is 12.1.